The van der Waals surface area contributed by atoms with Gasteiger partial charge < -0.3 is 9.47 Å². The standard InChI is InChI=1S/C29H22N8O10/c1-16(30-32-26-9-3-20(34(38)39)14-28(26)36(42)43)46-22-5-7-24-18(12-22)11-19-13-23(6-8-25(19)24)47-17(2)31-33-27-10-4-21(35(40)41)15-29(27)37(44)45/h3-15,24,32-33H,1-2H3. The fourth-order valence-corrected chi connectivity index (χ4v) is 4.71. The molecule has 0 saturated heterocycles. The van der Waals surface area contributed by atoms with Crippen LogP contribution in [0.5, 0.6) is 5.75 Å². The number of nitrogens with one attached hydrogen (secondary N) is 2. The van der Waals surface area contributed by atoms with Crippen molar-refractivity contribution in [3.63, 3.8) is 0 Å². The summed E-state index contributed by atoms with van der Waals surface area (Å²) in [6.07, 6.45) is 7.44. The maximum absolute atomic E-state index is 11.4. The quantitative estimate of drug-likeness (QED) is 0.104. The van der Waals surface area contributed by atoms with E-state index in [1.54, 1.807) is 18.2 Å². The van der Waals surface area contributed by atoms with Crippen LogP contribution in [0.25, 0.3) is 6.08 Å². The Morgan fingerprint density at radius 2 is 1.26 bits per heavy atom. The predicted octanol–water partition coefficient (Wildman–Crippen LogP) is 6.54. The Labute approximate surface area is 263 Å². The van der Waals surface area contributed by atoms with E-state index in [0.29, 0.717) is 11.5 Å². The molecule has 0 aliphatic heterocycles. The number of non-ortho nitro benzene ring substituents is 2. The van der Waals surface area contributed by atoms with Gasteiger partial charge in [-0.3, -0.25) is 51.3 Å². The van der Waals surface area contributed by atoms with E-state index in [1.165, 1.54) is 26.0 Å². The minimum atomic E-state index is -0.755. The van der Waals surface area contributed by atoms with Crippen LogP contribution < -0.4 is 15.6 Å². The average Bonchev–Trinajstić information content (AvgIpc) is 3.39. The molecular weight excluding hydrogens is 620 g/mol. The summed E-state index contributed by atoms with van der Waals surface area (Å²) in [4.78, 5) is 41.6. The van der Waals surface area contributed by atoms with Crippen LogP contribution in [-0.2, 0) is 4.74 Å². The number of fused-ring (bicyclic) bond motifs is 3. The first-order chi connectivity index (χ1) is 22.4. The molecule has 0 radical (unpaired) electrons. The number of ether oxygens (including phenoxy) is 2. The van der Waals surface area contributed by atoms with E-state index < -0.39 is 42.4 Å². The normalized spacial score (nSPS) is 15.1. The largest absolute Gasteiger partial charge is 0.442 e. The summed E-state index contributed by atoms with van der Waals surface area (Å²) in [5.74, 6) is 1.09. The molecule has 3 aromatic carbocycles. The first kappa shape index (κ1) is 31.4. The molecule has 5 rings (SSSR count). The van der Waals surface area contributed by atoms with Gasteiger partial charge in [0.1, 0.15) is 22.9 Å². The van der Waals surface area contributed by atoms with Gasteiger partial charge in [0.2, 0.25) is 11.8 Å². The Morgan fingerprint density at radius 3 is 1.79 bits per heavy atom. The molecule has 0 saturated carbocycles. The van der Waals surface area contributed by atoms with Crippen molar-refractivity contribution in [1.29, 1.82) is 0 Å². The van der Waals surface area contributed by atoms with E-state index in [0.717, 1.165) is 41.0 Å². The van der Waals surface area contributed by atoms with Gasteiger partial charge in [-0.1, -0.05) is 18.2 Å². The van der Waals surface area contributed by atoms with Gasteiger partial charge in [0.15, 0.2) is 0 Å². The Balaban J connectivity index is 1.25. The highest BCUT2D eigenvalue weighted by Gasteiger charge is 2.26. The third-order valence-corrected chi connectivity index (χ3v) is 6.81. The summed E-state index contributed by atoms with van der Waals surface area (Å²) < 4.78 is 11.6. The molecule has 238 valence electrons. The molecule has 18 heteroatoms. The third-order valence-electron chi connectivity index (χ3n) is 6.81. The molecule has 0 spiro atoms. The van der Waals surface area contributed by atoms with Crippen molar-refractivity contribution < 1.29 is 29.2 Å². The topological polar surface area (TPSA) is 240 Å². The molecule has 0 fully saturated rings. The number of nitro groups is 4. The Morgan fingerprint density at radius 1 is 0.702 bits per heavy atom. The van der Waals surface area contributed by atoms with Crippen molar-refractivity contribution in [2.75, 3.05) is 10.9 Å². The van der Waals surface area contributed by atoms with Gasteiger partial charge in [0.05, 0.1) is 31.8 Å². The van der Waals surface area contributed by atoms with Crippen molar-refractivity contribution in [3.8, 4) is 5.75 Å². The number of rotatable bonds is 10. The maximum Gasteiger partial charge on any atom is 0.301 e. The molecule has 0 amide bonds. The van der Waals surface area contributed by atoms with Crippen molar-refractivity contribution in [2.45, 2.75) is 19.8 Å². The SMILES string of the molecule is CC(=NNc1ccc([N+](=O)[O-])cc1[N+](=O)[O-])OC1=CC2=Cc3cc(OC(C)=NNc4ccc([N+](=O)[O-])cc4[N+](=O)[O-])ccc3C2C=C1. The van der Waals surface area contributed by atoms with E-state index in [2.05, 4.69) is 21.1 Å². The van der Waals surface area contributed by atoms with E-state index >= 15 is 0 Å². The molecule has 1 unspecified atom stereocenters. The Bertz CT molecular complexity index is 2000. The zero-order valence-corrected chi connectivity index (χ0v) is 24.3. The second kappa shape index (κ2) is 12.9. The van der Waals surface area contributed by atoms with Crippen LogP contribution in [0.4, 0.5) is 34.1 Å². The zero-order valence-electron chi connectivity index (χ0n) is 24.3. The number of nitro benzene ring substituents is 4. The molecule has 2 aliphatic rings. The number of benzene rings is 3. The molecule has 3 aromatic rings. The summed E-state index contributed by atoms with van der Waals surface area (Å²) in [6, 6.07) is 11.7. The summed E-state index contributed by atoms with van der Waals surface area (Å²) in [6.45, 7) is 3.06. The minimum Gasteiger partial charge on any atom is -0.442 e. The van der Waals surface area contributed by atoms with Gasteiger partial charge in [0, 0.05) is 31.9 Å². The van der Waals surface area contributed by atoms with E-state index in [1.807, 2.05) is 24.3 Å². The number of allylic oxidation sites excluding steroid dienone is 4. The third kappa shape index (κ3) is 7.06. The Kier molecular flexibility index (Phi) is 8.66. The van der Waals surface area contributed by atoms with Crippen molar-refractivity contribution in [3.05, 3.63) is 136 Å². The van der Waals surface area contributed by atoms with E-state index in [4.69, 9.17) is 9.47 Å². The van der Waals surface area contributed by atoms with Gasteiger partial charge in [-0.05, 0) is 53.1 Å². The second-order valence-electron chi connectivity index (χ2n) is 9.94. The van der Waals surface area contributed by atoms with E-state index in [-0.39, 0.29) is 29.1 Å². The first-order valence-corrected chi connectivity index (χ1v) is 13.5. The van der Waals surface area contributed by atoms with Crippen molar-refractivity contribution in [1.82, 2.24) is 0 Å². The highest BCUT2D eigenvalue weighted by Crippen LogP contribution is 2.42. The van der Waals surface area contributed by atoms with E-state index in [9.17, 15) is 40.5 Å². The first-order valence-electron chi connectivity index (χ1n) is 13.5. The van der Waals surface area contributed by atoms with Gasteiger partial charge in [0.25, 0.3) is 11.4 Å². The number of nitrogens with zero attached hydrogens (tertiary/aromatic N) is 6. The van der Waals surface area contributed by atoms with Crippen LogP contribution in [0.3, 0.4) is 0 Å². The van der Waals surface area contributed by atoms with Crippen molar-refractivity contribution >= 4 is 52.0 Å². The molecule has 18 nitrogen and oxygen atoms in total. The maximum atomic E-state index is 11.4. The monoisotopic (exact) mass is 642 g/mol. The summed E-state index contributed by atoms with van der Waals surface area (Å²) >= 11 is 0. The highest BCUT2D eigenvalue weighted by molar-refractivity contribution is 5.80. The summed E-state index contributed by atoms with van der Waals surface area (Å²) in [7, 11) is 0. The highest BCUT2D eigenvalue weighted by atomic mass is 16.6. The number of hydrogen-bond acceptors (Lipinski definition) is 14. The molecule has 1 atom stereocenters. The smallest absolute Gasteiger partial charge is 0.301 e. The lowest BCUT2D eigenvalue weighted by atomic mass is 9.92. The molecule has 2 aliphatic carbocycles. The Hall–Kier alpha value is -6.98. The zero-order chi connectivity index (χ0) is 33.8. The number of hydrazone groups is 2. The van der Waals surface area contributed by atoms with Crippen LogP contribution in [0.15, 0.2) is 94.4 Å². The minimum absolute atomic E-state index is 0.0486. The van der Waals surface area contributed by atoms with Crippen LogP contribution in [-0.4, -0.2) is 31.5 Å². The van der Waals surface area contributed by atoms with Crippen LogP contribution >= 0.6 is 0 Å². The lowest BCUT2D eigenvalue weighted by Crippen LogP contribution is -2.08. The van der Waals surface area contributed by atoms with Gasteiger partial charge in [-0.2, -0.15) is 0 Å². The molecule has 0 heterocycles. The molecular formula is C29H22N8O10. The van der Waals surface area contributed by atoms with Crippen LogP contribution in [0, 0.1) is 40.5 Å². The lowest BCUT2D eigenvalue weighted by Gasteiger charge is -2.17. The number of anilines is 2. The van der Waals surface area contributed by atoms with Crippen LogP contribution in [0.1, 0.15) is 30.9 Å². The molecule has 0 bridgehead atoms. The predicted molar refractivity (Wildman–Crippen MR) is 169 cm³/mol. The summed E-state index contributed by atoms with van der Waals surface area (Å²) in [5.41, 5.74) is 5.84. The fourth-order valence-electron chi connectivity index (χ4n) is 4.71. The molecule has 47 heavy (non-hydrogen) atoms. The van der Waals surface area contributed by atoms with Crippen molar-refractivity contribution in [2.24, 2.45) is 10.2 Å². The van der Waals surface area contributed by atoms with Crippen LogP contribution in [0.2, 0.25) is 0 Å². The molecule has 2 N–H and O–H groups in total. The fraction of sp³-hybridized carbons (Fsp3) is 0.103. The van der Waals surface area contributed by atoms with Gasteiger partial charge in [-0.15, -0.1) is 10.2 Å². The van der Waals surface area contributed by atoms with Gasteiger partial charge in [-0.25, -0.2) is 0 Å². The second-order valence-corrected chi connectivity index (χ2v) is 9.94. The van der Waals surface area contributed by atoms with Gasteiger partial charge >= 0.3 is 11.4 Å². The molecule has 0 aromatic heterocycles. The average molecular weight is 643 g/mol. The lowest BCUT2D eigenvalue weighted by molar-refractivity contribution is -0.393. The summed E-state index contributed by atoms with van der Waals surface area (Å²) in [5, 5.41) is 52.6. The number of hydrogen-bond donors (Lipinski definition) is 2.